The monoisotopic (exact) mass is 170 g/mol. The van der Waals surface area contributed by atoms with Crippen LogP contribution in [0.2, 0.25) is 0 Å². The van der Waals surface area contributed by atoms with E-state index in [4.69, 9.17) is 5.73 Å². The van der Waals surface area contributed by atoms with Gasteiger partial charge in [0.2, 0.25) is 5.91 Å². The minimum atomic E-state index is 0.138. The lowest BCUT2D eigenvalue weighted by Gasteiger charge is -2.32. The van der Waals surface area contributed by atoms with Crippen molar-refractivity contribution in [1.29, 1.82) is 0 Å². The zero-order valence-electron chi connectivity index (χ0n) is 7.84. The van der Waals surface area contributed by atoms with E-state index in [1.165, 1.54) is 0 Å². The zero-order chi connectivity index (χ0) is 9.14. The van der Waals surface area contributed by atoms with Gasteiger partial charge in [-0.3, -0.25) is 4.79 Å². The maximum absolute atomic E-state index is 11.4. The van der Waals surface area contributed by atoms with Crippen LogP contribution in [0, 0.1) is 11.8 Å². The second-order valence-electron chi connectivity index (χ2n) is 3.67. The molecule has 70 valence electrons. The molecule has 3 nitrogen and oxygen atoms in total. The van der Waals surface area contributed by atoms with Crippen LogP contribution >= 0.6 is 0 Å². The zero-order valence-corrected chi connectivity index (χ0v) is 7.84. The molecule has 3 heteroatoms. The second kappa shape index (κ2) is 3.90. The Hall–Kier alpha value is -0.570. The van der Waals surface area contributed by atoms with Gasteiger partial charge in [0.25, 0.3) is 0 Å². The molecule has 0 radical (unpaired) electrons. The summed E-state index contributed by atoms with van der Waals surface area (Å²) in [5, 5.41) is 2.69. The molecule has 0 aromatic carbocycles. The van der Waals surface area contributed by atoms with Crippen LogP contribution in [0.1, 0.15) is 26.2 Å². The third-order valence-corrected chi connectivity index (χ3v) is 2.95. The third kappa shape index (κ3) is 1.78. The van der Waals surface area contributed by atoms with Crippen LogP contribution in [-0.2, 0) is 4.79 Å². The summed E-state index contributed by atoms with van der Waals surface area (Å²) >= 11 is 0. The van der Waals surface area contributed by atoms with Crippen LogP contribution in [-0.4, -0.2) is 19.0 Å². The van der Waals surface area contributed by atoms with Crippen LogP contribution in [0.3, 0.4) is 0 Å². The fourth-order valence-corrected chi connectivity index (χ4v) is 1.95. The Labute approximate surface area is 73.7 Å². The van der Waals surface area contributed by atoms with Gasteiger partial charge >= 0.3 is 0 Å². The van der Waals surface area contributed by atoms with Gasteiger partial charge in [-0.25, -0.2) is 0 Å². The van der Waals surface area contributed by atoms with Gasteiger partial charge in [0, 0.05) is 19.0 Å². The first-order valence-electron chi connectivity index (χ1n) is 4.64. The number of carbonyl (C=O) groups is 1. The summed E-state index contributed by atoms with van der Waals surface area (Å²) in [5.74, 6) is 0.620. The van der Waals surface area contributed by atoms with E-state index < -0.39 is 0 Å². The van der Waals surface area contributed by atoms with Crippen molar-refractivity contribution in [1.82, 2.24) is 5.32 Å². The van der Waals surface area contributed by atoms with E-state index in [1.807, 2.05) is 0 Å². The van der Waals surface area contributed by atoms with Crippen molar-refractivity contribution in [3.63, 3.8) is 0 Å². The number of nitrogens with two attached hydrogens (primary N) is 1. The molecule has 0 aliphatic heterocycles. The van der Waals surface area contributed by atoms with Crippen molar-refractivity contribution in [2.45, 2.75) is 32.2 Å². The van der Waals surface area contributed by atoms with Gasteiger partial charge in [0.1, 0.15) is 0 Å². The number of carbonyl (C=O) groups excluding carboxylic acids is 1. The summed E-state index contributed by atoms with van der Waals surface area (Å²) in [4.78, 5) is 11.4. The quantitative estimate of drug-likeness (QED) is 0.602. The summed E-state index contributed by atoms with van der Waals surface area (Å²) in [6.07, 6.45) is 3.15. The van der Waals surface area contributed by atoms with Crippen molar-refractivity contribution >= 4 is 5.91 Å². The number of nitrogens with one attached hydrogen (secondary N) is 1. The minimum Gasteiger partial charge on any atom is -0.359 e. The molecule has 1 fully saturated rings. The number of hydrogen-bond acceptors (Lipinski definition) is 2. The van der Waals surface area contributed by atoms with Crippen molar-refractivity contribution in [2.75, 3.05) is 7.05 Å². The second-order valence-corrected chi connectivity index (χ2v) is 3.67. The number of hydrogen-bond donors (Lipinski definition) is 2. The molecule has 0 saturated heterocycles. The van der Waals surface area contributed by atoms with Gasteiger partial charge in [-0.15, -0.1) is 0 Å². The van der Waals surface area contributed by atoms with E-state index in [0.717, 1.165) is 19.3 Å². The van der Waals surface area contributed by atoms with Crippen LogP contribution < -0.4 is 11.1 Å². The molecule has 1 amide bonds. The summed E-state index contributed by atoms with van der Waals surface area (Å²) in [7, 11) is 1.69. The Morgan fingerprint density at radius 1 is 1.50 bits per heavy atom. The predicted molar refractivity (Wildman–Crippen MR) is 48.5 cm³/mol. The summed E-state index contributed by atoms with van der Waals surface area (Å²) in [6.45, 7) is 2.07. The highest BCUT2D eigenvalue weighted by Gasteiger charge is 2.31. The molecule has 0 bridgehead atoms. The van der Waals surface area contributed by atoms with Crippen LogP contribution in [0.5, 0.6) is 0 Å². The van der Waals surface area contributed by atoms with E-state index >= 15 is 0 Å². The SMILES string of the molecule is CNC(=O)C1CCCC(N)C1C. The molecular weight excluding hydrogens is 152 g/mol. The first kappa shape index (κ1) is 9.52. The van der Waals surface area contributed by atoms with Gasteiger partial charge < -0.3 is 11.1 Å². The summed E-state index contributed by atoms with van der Waals surface area (Å²) < 4.78 is 0. The molecule has 3 atom stereocenters. The molecule has 3 unspecified atom stereocenters. The van der Waals surface area contributed by atoms with Gasteiger partial charge in [-0.2, -0.15) is 0 Å². The molecule has 0 aromatic rings. The third-order valence-electron chi connectivity index (χ3n) is 2.95. The van der Waals surface area contributed by atoms with Crippen molar-refractivity contribution < 1.29 is 4.79 Å². The van der Waals surface area contributed by atoms with Crippen molar-refractivity contribution in [3.8, 4) is 0 Å². The molecule has 0 aromatic heterocycles. The predicted octanol–water partition coefficient (Wildman–Crippen LogP) is 0.496. The molecule has 1 rings (SSSR count). The summed E-state index contributed by atoms with van der Waals surface area (Å²) in [5.41, 5.74) is 5.88. The minimum absolute atomic E-state index is 0.138. The Morgan fingerprint density at radius 3 is 2.75 bits per heavy atom. The van der Waals surface area contributed by atoms with Gasteiger partial charge in [0.05, 0.1) is 0 Å². The number of rotatable bonds is 1. The highest BCUT2D eigenvalue weighted by atomic mass is 16.1. The maximum Gasteiger partial charge on any atom is 0.223 e. The Balaban J connectivity index is 2.57. The summed E-state index contributed by atoms with van der Waals surface area (Å²) in [6, 6.07) is 0.209. The van der Waals surface area contributed by atoms with E-state index in [-0.39, 0.29) is 17.9 Å². The van der Waals surface area contributed by atoms with E-state index in [9.17, 15) is 4.79 Å². The first-order valence-corrected chi connectivity index (χ1v) is 4.64. The Bertz CT molecular complexity index is 170. The number of amides is 1. The Morgan fingerprint density at radius 2 is 2.17 bits per heavy atom. The lowest BCUT2D eigenvalue weighted by atomic mass is 9.77. The molecule has 12 heavy (non-hydrogen) atoms. The van der Waals surface area contributed by atoms with Crippen molar-refractivity contribution in [2.24, 2.45) is 17.6 Å². The van der Waals surface area contributed by atoms with E-state index in [0.29, 0.717) is 5.92 Å². The van der Waals surface area contributed by atoms with Crippen LogP contribution in [0.25, 0.3) is 0 Å². The van der Waals surface area contributed by atoms with Crippen LogP contribution in [0.15, 0.2) is 0 Å². The molecule has 1 aliphatic rings. The van der Waals surface area contributed by atoms with E-state index in [1.54, 1.807) is 7.05 Å². The molecule has 1 aliphatic carbocycles. The van der Waals surface area contributed by atoms with Gasteiger partial charge in [0.15, 0.2) is 0 Å². The molecule has 3 N–H and O–H groups in total. The fraction of sp³-hybridized carbons (Fsp3) is 0.889. The smallest absolute Gasteiger partial charge is 0.223 e. The Kier molecular flexibility index (Phi) is 3.09. The first-order chi connectivity index (χ1) is 5.66. The normalized spacial score (nSPS) is 36.1. The standard InChI is InChI=1S/C9H18N2O/c1-6-7(9(12)11-2)4-3-5-8(6)10/h6-8H,3-5,10H2,1-2H3,(H,11,12). The highest BCUT2D eigenvalue weighted by molar-refractivity contribution is 5.78. The lowest BCUT2D eigenvalue weighted by Crippen LogP contribution is -2.43. The van der Waals surface area contributed by atoms with Crippen molar-refractivity contribution in [3.05, 3.63) is 0 Å². The molecule has 1 saturated carbocycles. The fourth-order valence-electron chi connectivity index (χ4n) is 1.95. The maximum atomic E-state index is 11.4. The topological polar surface area (TPSA) is 55.1 Å². The van der Waals surface area contributed by atoms with Gasteiger partial charge in [-0.1, -0.05) is 13.3 Å². The van der Waals surface area contributed by atoms with Gasteiger partial charge in [-0.05, 0) is 18.8 Å². The molecular formula is C9H18N2O. The molecule has 0 spiro atoms. The van der Waals surface area contributed by atoms with Crippen LogP contribution in [0.4, 0.5) is 0 Å². The average molecular weight is 170 g/mol. The average Bonchev–Trinajstić information content (AvgIpc) is 2.08. The molecule has 0 heterocycles. The highest BCUT2D eigenvalue weighted by Crippen LogP contribution is 2.28. The lowest BCUT2D eigenvalue weighted by molar-refractivity contribution is -0.127. The van der Waals surface area contributed by atoms with E-state index in [2.05, 4.69) is 12.2 Å². The largest absolute Gasteiger partial charge is 0.359 e.